The fourth-order valence-electron chi connectivity index (χ4n) is 3.76. The van der Waals surface area contributed by atoms with E-state index >= 15 is 0 Å². The molecule has 1 aromatic heterocycles. The number of amides is 1. The van der Waals surface area contributed by atoms with Crippen molar-refractivity contribution in [3.63, 3.8) is 0 Å². The highest BCUT2D eigenvalue weighted by molar-refractivity contribution is 5.93. The molecule has 2 atom stereocenters. The molecule has 2 aromatic rings. The molecule has 3 heterocycles. The highest BCUT2D eigenvalue weighted by Crippen LogP contribution is 2.29. The lowest BCUT2D eigenvalue weighted by Crippen LogP contribution is -2.42. The Labute approximate surface area is 156 Å². The van der Waals surface area contributed by atoms with E-state index in [1.54, 1.807) is 29.1 Å². The summed E-state index contributed by atoms with van der Waals surface area (Å²) in [5, 5.41) is 18.5. The van der Waals surface area contributed by atoms with Gasteiger partial charge in [-0.05, 0) is 44.0 Å². The third-order valence-corrected chi connectivity index (χ3v) is 5.02. The van der Waals surface area contributed by atoms with Gasteiger partial charge in [0, 0.05) is 37.0 Å². The molecule has 4 rings (SSSR count). The van der Waals surface area contributed by atoms with Gasteiger partial charge < -0.3 is 10.2 Å². The van der Waals surface area contributed by atoms with Crippen LogP contribution in [-0.4, -0.2) is 50.7 Å². The topological polar surface area (TPSA) is 93.3 Å². The summed E-state index contributed by atoms with van der Waals surface area (Å²) in [6, 6.07) is 8.35. The maximum Gasteiger partial charge on any atom is 0.274 e. The Kier molecular flexibility index (Phi) is 5.24. The van der Waals surface area contributed by atoms with Gasteiger partial charge in [-0.1, -0.05) is 0 Å². The highest BCUT2D eigenvalue weighted by atomic mass is 35.5. The summed E-state index contributed by atoms with van der Waals surface area (Å²) in [5.41, 5.74) is 1.13. The van der Waals surface area contributed by atoms with E-state index in [1.165, 1.54) is 12.1 Å². The smallest absolute Gasteiger partial charge is 0.274 e. The molecule has 2 bridgehead atoms. The largest absolute Gasteiger partial charge is 0.330 e. The minimum absolute atomic E-state index is 0. The normalized spacial score (nSPS) is 21.8. The number of carbonyl (C=O) groups excluding carboxylic acids is 1. The second-order valence-corrected chi connectivity index (χ2v) is 6.51. The number of nitro benzene ring substituents is 1. The molecule has 0 aliphatic carbocycles. The van der Waals surface area contributed by atoms with Crippen LogP contribution in [0.3, 0.4) is 0 Å². The Balaban J connectivity index is 0.00000196. The Morgan fingerprint density at radius 1 is 1.15 bits per heavy atom. The molecule has 2 unspecified atom stereocenters. The van der Waals surface area contributed by atoms with Crippen LogP contribution < -0.4 is 5.32 Å². The van der Waals surface area contributed by atoms with Crippen molar-refractivity contribution < 1.29 is 9.72 Å². The zero-order valence-electron chi connectivity index (χ0n) is 14.1. The quantitative estimate of drug-likeness (QED) is 0.653. The second kappa shape index (κ2) is 7.43. The molecule has 9 heteroatoms. The van der Waals surface area contributed by atoms with E-state index in [0.29, 0.717) is 11.4 Å². The van der Waals surface area contributed by atoms with Crippen LogP contribution in [0.25, 0.3) is 5.69 Å². The molecule has 2 fully saturated rings. The van der Waals surface area contributed by atoms with Crippen LogP contribution in [-0.2, 0) is 0 Å². The first-order valence-corrected chi connectivity index (χ1v) is 8.47. The number of nitrogens with zero attached hydrogens (tertiary/aromatic N) is 4. The minimum Gasteiger partial charge on any atom is -0.330 e. The lowest BCUT2D eigenvalue weighted by atomic mass is 10.1. The predicted molar refractivity (Wildman–Crippen MR) is 97.9 cm³/mol. The van der Waals surface area contributed by atoms with Crippen molar-refractivity contribution >= 4 is 24.0 Å². The molecule has 2 aliphatic heterocycles. The van der Waals surface area contributed by atoms with E-state index in [-0.39, 0.29) is 36.1 Å². The molecule has 0 spiro atoms. The standard InChI is InChI=1S/C17H19N5O3.ClH/c23-17(21-13-3-6-15(21)11-18-9-7-13)16-8-10-20(19-16)12-1-4-14(5-2-12)22(24)25;/h1-2,4-5,8,10,13,15,18H,3,6-7,9,11H2;1H. The monoisotopic (exact) mass is 377 g/mol. The molecule has 0 radical (unpaired) electrons. The van der Waals surface area contributed by atoms with Gasteiger partial charge in [0.2, 0.25) is 0 Å². The number of hydrogen-bond donors (Lipinski definition) is 1. The minimum atomic E-state index is -0.440. The first-order chi connectivity index (χ1) is 12.1. The first kappa shape index (κ1) is 18.3. The number of benzene rings is 1. The molecule has 1 amide bonds. The molecular weight excluding hydrogens is 358 g/mol. The fourth-order valence-corrected chi connectivity index (χ4v) is 3.76. The number of hydrogen-bond acceptors (Lipinski definition) is 5. The maximum atomic E-state index is 12.9. The number of carbonyl (C=O) groups is 1. The van der Waals surface area contributed by atoms with Crippen LogP contribution in [0.1, 0.15) is 29.8 Å². The molecule has 26 heavy (non-hydrogen) atoms. The molecule has 1 N–H and O–H groups in total. The zero-order chi connectivity index (χ0) is 17.4. The van der Waals surface area contributed by atoms with Gasteiger partial charge in [-0.15, -0.1) is 12.4 Å². The number of rotatable bonds is 3. The van der Waals surface area contributed by atoms with Crippen LogP contribution >= 0.6 is 12.4 Å². The third-order valence-electron chi connectivity index (χ3n) is 5.02. The van der Waals surface area contributed by atoms with Crippen molar-refractivity contribution in [3.05, 3.63) is 52.3 Å². The van der Waals surface area contributed by atoms with Crippen molar-refractivity contribution in [2.24, 2.45) is 0 Å². The summed E-state index contributed by atoms with van der Waals surface area (Å²) in [6.07, 6.45) is 4.78. The van der Waals surface area contributed by atoms with Crippen LogP contribution in [0, 0.1) is 10.1 Å². The van der Waals surface area contributed by atoms with Crippen LogP contribution in [0.2, 0.25) is 0 Å². The van der Waals surface area contributed by atoms with Gasteiger partial charge in [0.15, 0.2) is 5.69 Å². The summed E-state index contributed by atoms with van der Waals surface area (Å²) >= 11 is 0. The molecule has 0 saturated carbocycles. The Morgan fingerprint density at radius 2 is 1.88 bits per heavy atom. The van der Waals surface area contributed by atoms with Crippen LogP contribution in [0.15, 0.2) is 36.5 Å². The number of aromatic nitrogens is 2. The summed E-state index contributed by atoms with van der Waals surface area (Å²) in [6.45, 7) is 1.79. The fraction of sp³-hybridized carbons (Fsp3) is 0.412. The van der Waals surface area contributed by atoms with Gasteiger partial charge in [0.25, 0.3) is 11.6 Å². The van der Waals surface area contributed by atoms with Crippen molar-refractivity contribution in [1.29, 1.82) is 0 Å². The Hall–Kier alpha value is -2.45. The Bertz CT molecular complexity index is 793. The number of nitro groups is 1. The molecule has 2 saturated heterocycles. The van der Waals surface area contributed by atoms with Gasteiger partial charge in [-0.25, -0.2) is 4.68 Å². The Morgan fingerprint density at radius 3 is 2.62 bits per heavy atom. The average Bonchev–Trinajstić information content (AvgIpc) is 3.18. The van der Waals surface area contributed by atoms with E-state index in [0.717, 1.165) is 32.4 Å². The average molecular weight is 378 g/mol. The van der Waals surface area contributed by atoms with Gasteiger partial charge >= 0.3 is 0 Å². The zero-order valence-corrected chi connectivity index (χ0v) is 14.9. The van der Waals surface area contributed by atoms with E-state index in [2.05, 4.69) is 10.4 Å². The lowest BCUT2D eigenvalue weighted by molar-refractivity contribution is -0.384. The molecule has 1 aromatic carbocycles. The predicted octanol–water partition coefficient (Wildman–Crippen LogP) is 2.17. The van der Waals surface area contributed by atoms with Gasteiger partial charge in [-0.3, -0.25) is 14.9 Å². The number of non-ortho nitro benzene ring substituents is 1. The second-order valence-electron chi connectivity index (χ2n) is 6.51. The third kappa shape index (κ3) is 3.30. The van der Waals surface area contributed by atoms with Gasteiger partial charge in [0.05, 0.1) is 10.6 Å². The molecule has 8 nitrogen and oxygen atoms in total. The van der Waals surface area contributed by atoms with Crippen molar-refractivity contribution in [1.82, 2.24) is 20.0 Å². The molecule has 2 aliphatic rings. The lowest BCUT2D eigenvalue weighted by Gasteiger charge is -2.27. The van der Waals surface area contributed by atoms with E-state index in [9.17, 15) is 14.9 Å². The molecule has 138 valence electrons. The van der Waals surface area contributed by atoms with E-state index in [4.69, 9.17) is 0 Å². The number of halogens is 1. The van der Waals surface area contributed by atoms with Crippen molar-refractivity contribution in [2.75, 3.05) is 13.1 Å². The summed E-state index contributed by atoms with van der Waals surface area (Å²) in [7, 11) is 0. The van der Waals surface area contributed by atoms with E-state index in [1.807, 2.05) is 4.90 Å². The van der Waals surface area contributed by atoms with Gasteiger partial charge in [0.1, 0.15) is 0 Å². The van der Waals surface area contributed by atoms with Crippen molar-refractivity contribution in [3.8, 4) is 5.69 Å². The van der Waals surface area contributed by atoms with Crippen LogP contribution in [0.5, 0.6) is 0 Å². The van der Waals surface area contributed by atoms with Crippen molar-refractivity contribution in [2.45, 2.75) is 31.3 Å². The van der Waals surface area contributed by atoms with Crippen LogP contribution in [0.4, 0.5) is 5.69 Å². The van der Waals surface area contributed by atoms with Gasteiger partial charge in [-0.2, -0.15) is 5.10 Å². The SMILES string of the molecule is Cl.O=C(c1ccn(-c2ccc([N+](=O)[O-])cc2)n1)N1C2CCNCC1CC2. The number of fused-ring (bicyclic) bond motifs is 2. The first-order valence-electron chi connectivity index (χ1n) is 8.47. The number of nitrogens with one attached hydrogen (secondary N) is 1. The molecular formula is C17H20ClN5O3. The summed E-state index contributed by atoms with van der Waals surface area (Å²) < 4.78 is 1.58. The summed E-state index contributed by atoms with van der Waals surface area (Å²) in [4.78, 5) is 25.2. The highest BCUT2D eigenvalue weighted by Gasteiger charge is 2.39. The maximum absolute atomic E-state index is 12.9. The summed E-state index contributed by atoms with van der Waals surface area (Å²) in [5.74, 6) is -0.0307. The van der Waals surface area contributed by atoms with E-state index < -0.39 is 4.92 Å².